The number of hydrogen-bond acceptors (Lipinski definition) is 4. The first-order chi connectivity index (χ1) is 35.9. The van der Waals surface area contributed by atoms with Gasteiger partial charge in [0.1, 0.15) is 5.82 Å². The number of nitrogens with zero attached hydrogens (tertiary/aromatic N) is 4. The first-order valence-corrected chi connectivity index (χ1v) is 25.5. The number of aromatic nitrogens is 2. The van der Waals surface area contributed by atoms with Crippen LogP contribution in [-0.4, -0.2) is 9.55 Å². The van der Waals surface area contributed by atoms with Crippen LogP contribution in [0.5, 0.6) is 11.5 Å². The van der Waals surface area contributed by atoms with Crippen LogP contribution < -0.4 is 14.5 Å². The zero-order valence-electron chi connectivity index (χ0n) is 43.3. The summed E-state index contributed by atoms with van der Waals surface area (Å²) in [4.78, 5) is 9.75. The Morgan fingerprint density at radius 3 is 1.67 bits per heavy atom. The van der Waals surface area contributed by atoms with Gasteiger partial charge in [0.25, 0.3) is 0 Å². The van der Waals surface area contributed by atoms with Crippen LogP contribution in [0.1, 0.15) is 58.2 Å². The normalized spacial score (nSPS) is 12.5. The van der Waals surface area contributed by atoms with Gasteiger partial charge in [-0.25, -0.2) is 4.98 Å². The van der Waals surface area contributed by atoms with Crippen LogP contribution in [-0.2, 0) is 31.9 Å². The first-order valence-electron chi connectivity index (χ1n) is 25.5. The Hall–Kier alpha value is -7.98. The molecule has 6 heteroatoms. The summed E-state index contributed by atoms with van der Waals surface area (Å²) in [7, 11) is 0. The molecule has 0 bridgehead atoms. The smallest absolute Gasteiger partial charge is 0.135 e. The van der Waals surface area contributed by atoms with Crippen molar-refractivity contribution in [2.75, 3.05) is 9.80 Å². The van der Waals surface area contributed by atoms with E-state index in [1.165, 1.54) is 11.1 Å². The number of anilines is 4. The molecular weight excluding hydrogens is 1100 g/mol. The van der Waals surface area contributed by atoms with Crippen LogP contribution in [0.2, 0.25) is 0 Å². The minimum Gasteiger partial charge on any atom is -0.509 e. The van der Waals surface area contributed by atoms with Gasteiger partial charge in [0, 0.05) is 78.0 Å². The maximum atomic E-state index is 6.99. The van der Waals surface area contributed by atoms with E-state index in [9.17, 15) is 0 Å². The number of hydrogen-bond donors (Lipinski definition) is 0. The van der Waals surface area contributed by atoms with Crippen LogP contribution in [0.25, 0.3) is 72.1 Å². The van der Waals surface area contributed by atoms with Crippen LogP contribution in [0.15, 0.2) is 212 Å². The quantitative estimate of drug-likeness (QED) is 0.135. The summed E-state index contributed by atoms with van der Waals surface area (Å²) in [5.74, 6) is 2.01. The third kappa shape index (κ3) is 9.36. The van der Waals surface area contributed by atoms with Crippen LogP contribution in [0.4, 0.5) is 22.7 Å². The van der Waals surface area contributed by atoms with Crippen LogP contribution >= 0.6 is 0 Å². The molecule has 9 aromatic carbocycles. The van der Waals surface area contributed by atoms with Gasteiger partial charge >= 0.3 is 0 Å². The van der Waals surface area contributed by atoms with E-state index in [1.807, 2.05) is 18.3 Å². The third-order valence-electron chi connectivity index (χ3n) is 14.4. The molecular formula is C69H57N4OPt-3. The molecule has 0 fully saturated rings. The van der Waals surface area contributed by atoms with Crippen molar-refractivity contribution in [3.8, 4) is 61.8 Å². The van der Waals surface area contributed by atoms with E-state index in [0.717, 1.165) is 100 Å². The van der Waals surface area contributed by atoms with Crippen molar-refractivity contribution in [3.05, 3.63) is 248 Å². The number of aryl methyl sites for hydroxylation is 1. The Bertz CT molecular complexity index is 3870. The number of benzene rings is 9. The predicted octanol–water partition coefficient (Wildman–Crippen LogP) is 18.5. The molecule has 1 aliphatic rings. The molecule has 0 atom stereocenters. The molecule has 5 nitrogen and oxygen atoms in total. The Morgan fingerprint density at radius 1 is 0.467 bits per heavy atom. The first kappa shape index (κ1) is 49.2. The summed E-state index contributed by atoms with van der Waals surface area (Å²) in [5, 5.41) is 2.18. The van der Waals surface area contributed by atoms with E-state index < -0.39 is 0 Å². The molecule has 0 unspecified atom stereocenters. The molecule has 12 rings (SSSR count). The van der Waals surface area contributed by atoms with Crippen molar-refractivity contribution in [2.45, 2.75) is 59.3 Å². The van der Waals surface area contributed by atoms with Crippen molar-refractivity contribution >= 4 is 44.6 Å². The Labute approximate surface area is 456 Å². The zero-order chi connectivity index (χ0) is 50.7. The summed E-state index contributed by atoms with van der Waals surface area (Å²) in [6.07, 6.45) is 1.99. The maximum Gasteiger partial charge on any atom is 0.135 e. The number of rotatable bonds is 9. The molecule has 3 heterocycles. The molecule has 11 aromatic rings. The molecule has 0 saturated heterocycles. The maximum absolute atomic E-state index is 6.99. The van der Waals surface area contributed by atoms with Gasteiger partial charge in [0.2, 0.25) is 0 Å². The van der Waals surface area contributed by atoms with Gasteiger partial charge in [0.05, 0.1) is 0 Å². The molecule has 2 aromatic heterocycles. The SMILES string of the molecule is Cc1cc(-n2c3[c-]c(Oc4[c-]c(N5[CH-]N(c6c(-c7ccccc7)cccc6-c6ccc(C(C)(C)C)cc6)c6ccccc65)cc(C(C)(C)C)c4)ccc3c3cc(-c4ccccc4)ccc32)ncc1-c1ccccc1.[Pt]. The van der Waals surface area contributed by atoms with Crippen molar-refractivity contribution in [2.24, 2.45) is 0 Å². The van der Waals surface area contributed by atoms with Gasteiger partial charge in [-0.1, -0.05) is 205 Å². The molecule has 0 saturated carbocycles. The van der Waals surface area contributed by atoms with Gasteiger partial charge < -0.3 is 19.1 Å². The second kappa shape index (κ2) is 19.7. The molecule has 0 N–H and O–H groups in total. The predicted molar refractivity (Wildman–Crippen MR) is 308 cm³/mol. The van der Waals surface area contributed by atoms with Crippen molar-refractivity contribution < 1.29 is 25.8 Å². The van der Waals surface area contributed by atoms with E-state index in [0.29, 0.717) is 11.5 Å². The summed E-state index contributed by atoms with van der Waals surface area (Å²) < 4.78 is 9.21. The number of fused-ring (bicyclic) bond motifs is 4. The van der Waals surface area contributed by atoms with E-state index in [-0.39, 0.29) is 31.9 Å². The fraction of sp³-hybridized carbons (Fsp3) is 0.130. The summed E-state index contributed by atoms with van der Waals surface area (Å²) in [6.45, 7) is 17.9. The minimum absolute atomic E-state index is 0. The minimum atomic E-state index is -0.209. The van der Waals surface area contributed by atoms with E-state index in [4.69, 9.17) is 9.72 Å². The van der Waals surface area contributed by atoms with E-state index in [2.05, 4.69) is 276 Å². The van der Waals surface area contributed by atoms with E-state index in [1.54, 1.807) is 0 Å². The van der Waals surface area contributed by atoms with Gasteiger partial charge in [-0.3, -0.25) is 0 Å². The molecule has 0 radical (unpaired) electrons. The standard InChI is InChI=1S/C69H57N4O.Pt/c1-46-38-66(70-44-61(46)49-24-15-10-16-25-49)73-62-37-32-51(47-20-11-8-12-21-47)39-60(62)59-36-35-55(43-65(59)73)74-56-41-53(69(5,6)7)40-54(42-56)71-45-72(64-29-18-17-28-63(64)71)67-57(48-22-13-9-14-23-48)26-19-27-58(67)50-30-33-52(34-31-50)68(2,3)4;/h8-41,44-45H,1-7H3;/q-3;. The second-order valence-electron chi connectivity index (χ2n) is 21.5. The molecule has 75 heavy (non-hydrogen) atoms. The van der Waals surface area contributed by atoms with Crippen molar-refractivity contribution in [3.63, 3.8) is 0 Å². The van der Waals surface area contributed by atoms with Crippen molar-refractivity contribution in [1.82, 2.24) is 9.55 Å². The van der Waals surface area contributed by atoms with Gasteiger partial charge in [-0.2, -0.15) is 6.07 Å². The Morgan fingerprint density at radius 2 is 1.04 bits per heavy atom. The fourth-order valence-electron chi connectivity index (χ4n) is 10.4. The summed E-state index contributed by atoms with van der Waals surface area (Å²) in [6, 6.07) is 81.0. The van der Waals surface area contributed by atoms with Crippen LogP contribution in [0.3, 0.4) is 0 Å². The summed E-state index contributed by atoms with van der Waals surface area (Å²) in [5.41, 5.74) is 18.6. The number of pyridine rings is 1. The average Bonchev–Trinajstić information content (AvgIpc) is 3.96. The fourth-order valence-corrected chi connectivity index (χ4v) is 10.4. The number of para-hydroxylation sites is 3. The molecule has 372 valence electrons. The largest absolute Gasteiger partial charge is 0.509 e. The van der Waals surface area contributed by atoms with Gasteiger partial charge in [-0.05, 0) is 86.3 Å². The summed E-state index contributed by atoms with van der Waals surface area (Å²) >= 11 is 0. The monoisotopic (exact) mass is 1150 g/mol. The van der Waals surface area contributed by atoms with Gasteiger partial charge in [-0.15, -0.1) is 53.6 Å². The molecule has 1 aliphatic heterocycles. The second-order valence-corrected chi connectivity index (χ2v) is 21.5. The average molecular weight is 1150 g/mol. The molecule has 0 spiro atoms. The Kier molecular flexibility index (Phi) is 12.9. The Balaban J connectivity index is 0.00000602. The van der Waals surface area contributed by atoms with Gasteiger partial charge in [0.15, 0.2) is 0 Å². The zero-order valence-corrected chi connectivity index (χ0v) is 45.6. The topological polar surface area (TPSA) is 33.5 Å². The van der Waals surface area contributed by atoms with Crippen LogP contribution in [0, 0.1) is 25.7 Å². The molecule has 0 amide bonds. The van der Waals surface area contributed by atoms with Crippen molar-refractivity contribution in [1.29, 1.82) is 0 Å². The number of ether oxygens (including phenoxy) is 1. The van der Waals surface area contributed by atoms with E-state index >= 15 is 0 Å². The molecule has 0 aliphatic carbocycles. The third-order valence-corrected chi connectivity index (χ3v) is 14.4.